The molecule has 0 heterocycles. The number of carbonyl (C=O) groups excluding carboxylic acids is 2. The van der Waals surface area contributed by atoms with Gasteiger partial charge in [0.1, 0.15) is 11.8 Å². The Hall–Kier alpha value is -4.78. The van der Waals surface area contributed by atoms with Crippen molar-refractivity contribution in [3.8, 4) is 16.9 Å². The number of amides is 2. The molecule has 0 fully saturated rings. The first kappa shape index (κ1) is 27.3. The molecule has 4 aromatic carbocycles. The van der Waals surface area contributed by atoms with Crippen LogP contribution >= 0.6 is 0 Å². The van der Waals surface area contributed by atoms with E-state index in [1.165, 1.54) is 0 Å². The van der Waals surface area contributed by atoms with Crippen molar-refractivity contribution in [1.82, 2.24) is 10.6 Å². The molecule has 7 nitrogen and oxygen atoms in total. The monoisotopic (exact) mass is 522 g/mol. The van der Waals surface area contributed by atoms with E-state index in [-0.39, 0.29) is 11.8 Å². The minimum absolute atomic E-state index is 0.243. The summed E-state index contributed by atoms with van der Waals surface area (Å²) in [5.74, 6) is 0.251. The maximum absolute atomic E-state index is 13.2. The van der Waals surface area contributed by atoms with Gasteiger partial charge in [-0.1, -0.05) is 54.1 Å². The molecule has 0 spiro atoms. The molecule has 0 aromatic heterocycles. The van der Waals surface area contributed by atoms with Crippen molar-refractivity contribution in [2.24, 2.45) is 0 Å². The third-order valence-corrected chi connectivity index (χ3v) is 6.36. The van der Waals surface area contributed by atoms with E-state index in [0.29, 0.717) is 30.8 Å². The van der Waals surface area contributed by atoms with Crippen LogP contribution in [0, 0.1) is 6.92 Å². The van der Waals surface area contributed by atoms with Crippen molar-refractivity contribution in [1.29, 1.82) is 0 Å². The van der Waals surface area contributed by atoms with Crippen molar-refractivity contribution in [2.75, 3.05) is 31.2 Å². The summed E-state index contributed by atoms with van der Waals surface area (Å²) in [4.78, 5) is 26.2. The maximum Gasteiger partial charge on any atom is 0.251 e. The van der Waals surface area contributed by atoms with E-state index >= 15 is 0 Å². The largest absolute Gasteiger partial charge is 0.497 e. The summed E-state index contributed by atoms with van der Waals surface area (Å²) in [6, 6.07) is 29.8. The number of nitrogens with two attached hydrogens (primary N) is 1. The summed E-state index contributed by atoms with van der Waals surface area (Å²) in [6.45, 7) is 2.86. The summed E-state index contributed by atoms with van der Waals surface area (Å²) in [6.07, 6.45) is 0.354. The van der Waals surface area contributed by atoms with Gasteiger partial charge >= 0.3 is 0 Å². The predicted molar refractivity (Wildman–Crippen MR) is 157 cm³/mol. The average molecular weight is 523 g/mol. The van der Waals surface area contributed by atoms with Crippen LogP contribution in [0.5, 0.6) is 5.75 Å². The summed E-state index contributed by atoms with van der Waals surface area (Å²) in [5, 5.41) is 9.16. The van der Waals surface area contributed by atoms with Crippen molar-refractivity contribution in [2.45, 2.75) is 19.4 Å². The standard InChI is InChI=1S/C32H34N4O3/c1-22-5-3-7-26(19-22)31(37)36-30(32(38)35-18-17-34-28-13-15-29(39-2)16-14-28)20-23-9-11-24(12-10-23)25-6-4-8-27(33)21-25/h3-16,19,21,30,34H,17-18,20,33H2,1-2H3,(H,35,38)(H,36,37)/t30-/m0/s1. The minimum Gasteiger partial charge on any atom is -0.497 e. The lowest BCUT2D eigenvalue weighted by molar-refractivity contribution is -0.122. The zero-order valence-electron chi connectivity index (χ0n) is 22.2. The molecule has 0 saturated carbocycles. The lowest BCUT2D eigenvalue weighted by atomic mass is 9.99. The smallest absolute Gasteiger partial charge is 0.251 e. The van der Waals surface area contributed by atoms with Crippen LogP contribution in [0.1, 0.15) is 21.5 Å². The van der Waals surface area contributed by atoms with E-state index in [1.54, 1.807) is 13.2 Å². The highest BCUT2D eigenvalue weighted by atomic mass is 16.5. The second-order valence-corrected chi connectivity index (χ2v) is 9.37. The second kappa shape index (κ2) is 13.1. The highest BCUT2D eigenvalue weighted by Crippen LogP contribution is 2.22. The first-order valence-electron chi connectivity index (χ1n) is 12.9. The van der Waals surface area contributed by atoms with Crippen LogP contribution in [0.15, 0.2) is 97.1 Å². The predicted octanol–water partition coefficient (Wildman–Crippen LogP) is 4.82. The second-order valence-electron chi connectivity index (χ2n) is 9.37. The van der Waals surface area contributed by atoms with Gasteiger partial charge in [0.25, 0.3) is 5.91 Å². The molecule has 4 rings (SSSR count). The molecule has 2 amide bonds. The van der Waals surface area contributed by atoms with Gasteiger partial charge in [0.2, 0.25) is 5.91 Å². The van der Waals surface area contributed by atoms with E-state index in [4.69, 9.17) is 10.5 Å². The van der Waals surface area contributed by atoms with Crippen LogP contribution in [0.3, 0.4) is 0 Å². The number of anilines is 2. The Morgan fingerprint density at radius 1 is 0.846 bits per heavy atom. The Kier molecular flexibility index (Phi) is 9.19. The van der Waals surface area contributed by atoms with Crippen LogP contribution in [0.25, 0.3) is 11.1 Å². The zero-order valence-corrected chi connectivity index (χ0v) is 22.2. The number of rotatable bonds is 11. The third-order valence-electron chi connectivity index (χ3n) is 6.36. The quantitative estimate of drug-likeness (QED) is 0.167. The van der Waals surface area contributed by atoms with Gasteiger partial charge in [-0.2, -0.15) is 0 Å². The van der Waals surface area contributed by atoms with Gasteiger partial charge in [-0.3, -0.25) is 9.59 Å². The average Bonchev–Trinajstić information content (AvgIpc) is 2.95. The van der Waals surface area contributed by atoms with Gasteiger partial charge in [-0.05, 0) is 72.1 Å². The Morgan fingerprint density at radius 3 is 2.28 bits per heavy atom. The van der Waals surface area contributed by atoms with Crippen LogP contribution in [0.2, 0.25) is 0 Å². The van der Waals surface area contributed by atoms with Gasteiger partial charge in [0.05, 0.1) is 7.11 Å². The zero-order chi connectivity index (χ0) is 27.6. The van der Waals surface area contributed by atoms with Crippen LogP contribution in [-0.2, 0) is 11.2 Å². The molecule has 0 aliphatic carbocycles. The molecule has 0 aliphatic heterocycles. The number of nitrogen functional groups attached to an aromatic ring is 1. The Bertz CT molecular complexity index is 1400. The fourth-order valence-corrected chi connectivity index (χ4v) is 4.25. The molecule has 0 bridgehead atoms. The summed E-state index contributed by atoms with van der Waals surface area (Å²) >= 11 is 0. The fraction of sp³-hybridized carbons (Fsp3) is 0.188. The molecule has 5 N–H and O–H groups in total. The number of aryl methyl sites for hydroxylation is 1. The number of nitrogens with one attached hydrogen (secondary N) is 3. The topological polar surface area (TPSA) is 105 Å². The van der Waals surface area contributed by atoms with Crippen LogP contribution in [0.4, 0.5) is 11.4 Å². The van der Waals surface area contributed by atoms with Crippen molar-refractivity contribution < 1.29 is 14.3 Å². The summed E-state index contributed by atoms with van der Waals surface area (Å²) in [5.41, 5.74) is 12.0. The number of ether oxygens (including phenoxy) is 1. The molecule has 7 heteroatoms. The van der Waals surface area contributed by atoms with E-state index in [1.807, 2.05) is 97.9 Å². The molecule has 4 aromatic rings. The van der Waals surface area contributed by atoms with E-state index in [9.17, 15) is 9.59 Å². The summed E-state index contributed by atoms with van der Waals surface area (Å²) in [7, 11) is 1.63. The molecule has 39 heavy (non-hydrogen) atoms. The van der Waals surface area contributed by atoms with Gasteiger partial charge in [0, 0.05) is 36.4 Å². The number of benzene rings is 4. The Balaban J connectivity index is 1.42. The van der Waals surface area contributed by atoms with Crippen molar-refractivity contribution in [3.63, 3.8) is 0 Å². The molecule has 200 valence electrons. The lowest BCUT2D eigenvalue weighted by Gasteiger charge is -2.19. The highest BCUT2D eigenvalue weighted by molar-refractivity contribution is 5.97. The fourth-order valence-electron chi connectivity index (χ4n) is 4.25. The number of carbonyl (C=O) groups is 2. The molecule has 1 atom stereocenters. The minimum atomic E-state index is -0.739. The molecule has 0 aliphatic rings. The van der Waals surface area contributed by atoms with Crippen LogP contribution in [-0.4, -0.2) is 38.1 Å². The number of hydrogen-bond acceptors (Lipinski definition) is 5. The third kappa shape index (κ3) is 7.85. The molecule has 0 unspecified atom stereocenters. The van der Waals surface area contributed by atoms with Crippen molar-refractivity contribution >= 4 is 23.2 Å². The normalized spacial score (nSPS) is 11.3. The molecule has 0 radical (unpaired) electrons. The van der Waals surface area contributed by atoms with Gasteiger partial charge < -0.3 is 26.4 Å². The first-order valence-corrected chi connectivity index (χ1v) is 12.9. The number of hydrogen-bond donors (Lipinski definition) is 4. The Morgan fingerprint density at radius 2 is 1.59 bits per heavy atom. The SMILES string of the molecule is COc1ccc(NCCNC(=O)[C@H](Cc2ccc(-c3cccc(N)c3)cc2)NC(=O)c2cccc(C)c2)cc1. The first-order chi connectivity index (χ1) is 18.9. The molecular formula is C32H34N4O3. The maximum atomic E-state index is 13.2. The lowest BCUT2D eigenvalue weighted by Crippen LogP contribution is -2.48. The van der Waals surface area contributed by atoms with Gasteiger partial charge in [0.15, 0.2) is 0 Å². The van der Waals surface area contributed by atoms with Gasteiger partial charge in [-0.25, -0.2) is 0 Å². The molecular weight excluding hydrogens is 488 g/mol. The number of methoxy groups -OCH3 is 1. The molecule has 0 saturated heterocycles. The van der Waals surface area contributed by atoms with E-state index < -0.39 is 6.04 Å². The highest BCUT2D eigenvalue weighted by Gasteiger charge is 2.22. The van der Waals surface area contributed by atoms with E-state index in [0.717, 1.165) is 33.7 Å². The summed E-state index contributed by atoms with van der Waals surface area (Å²) < 4.78 is 5.18. The van der Waals surface area contributed by atoms with Crippen LogP contribution < -0.4 is 26.4 Å². The van der Waals surface area contributed by atoms with Gasteiger partial charge in [-0.15, -0.1) is 0 Å². The van der Waals surface area contributed by atoms with E-state index in [2.05, 4.69) is 16.0 Å². The Labute approximate surface area is 229 Å². The van der Waals surface area contributed by atoms with Crippen molar-refractivity contribution in [3.05, 3.63) is 114 Å².